The minimum absolute atomic E-state index is 0.0534. The molecule has 3 heterocycles. The maximum absolute atomic E-state index is 5.84. The summed E-state index contributed by atoms with van der Waals surface area (Å²) in [6.45, 7) is 7.62. The first-order chi connectivity index (χ1) is 9.54. The van der Waals surface area contributed by atoms with E-state index in [4.69, 9.17) is 9.26 Å². The van der Waals surface area contributed by atoms with Crippen molar-refractivity contribution in [1.29, 1.82) is 0 Å². The molecule has 2 atom stereocenters. The summed E-state index contributed by atoms with van der Waals surface area (Å²) < 4.78 is 12.7. The third-order valence-corrected chi connectivity index (χ3v) is 3.45. The first kappa shape index (κ1) is 13.2. The van der Waals surface area contributed by atoms with Gasteiger partial charge in [-0.15, -0.1) is 5.10 Å². The van der Waals surface area contributed by atoms with Gasteiger partial charge in [0.25, 0.3) is 0 Å². The molecule has 1 fully saturated rings. The molecule has 0 aromatic carbocycles. The molecular weight excluding hydrogens is 260 g/mol. The number of hydrogen-bond acceptors (Lipinski definition) is 7. The van der Waals surface area contributed by atoms with Crippen LogP contribution < -0.4 is 0 Å². The summed E-state index contributed by atoms with van der Waals surface area (Å²) >= 11 is 0. The van der Waals surface area contributed by atoms with Gasteiger partial charge in [0.05, 0.1) is 12.0 Å². The molecule has 2 aromatic heterocycles. The van der Waals surface area contributed by atoms with E-state index in [-0.39, 0.29) is 17.4 Å². The first-order valence-electron chi connectivity index (χ1n) is 6.69. The molecule has 1 aliphatic heterocycles. The smallest absolute Gasteiger partial charge is 0.248 e. The van der Waals surface area contributed by atoms with E-state index in [2.05, 4.69) is 46.4 Å². The fraction of sp³-hybridized carbons (Fsp3) is 0.750. The second-order valence-corrected chi connectivity index (χ2v) is 6.11. The zero-order valence-corrected chi connectivity index (χ0v) is 11.9. The number of aromatic nitrogens is 6. The van der Waals surface area contributed by atoms with Gasteiger partial charge in [0, 0.05) is 6.61 Å². The van der Waals surface area contributed by atoms with Crippen LogP contribution in [-0.2, 0) is 11.3 Å². The fourth-order valence-corrected chi connectivity index (χ4v) is 2.58. The molecule has 0 radical (unpaired) electrons. The Morgan fingerprint density at radius 2 is 2.25 bits per heavy atom. The molecule has 0 unspecified atom stereocenters. The van der Waals surface area contributed by atoms with Gasteiger partial charge < -0.3 is 9.26 Å². The van der Waals surface area contributed by atoms with Gasteiger partial charge in [0.1, 0.15) is 12.9 Å². The van der Waals surface area contributed by atoms with Crippen molar-refractivity contribution in [2.75, 3.05) is 6.61 Å². The summed E-state index contributed by atoms with van der Waals surface area (Å²) in [7, 11) is 0. The van der Waals surface area contributed by atoms with Crippen molar-refractivity contribution in [1.82, 2.24) is 30.3 Å². The van der Waals surface area contributed by atoms with Crippen molar-refractivity contribution in [3.63, 3.8) is 0 Å². The van der Waals surface area contributed by atoms with E-state index in [1.807, 2.05) is 0 Å². The monoisotopic (exact) mass is 278 g/mol. The Labute approximate surface area is 116 Å². The van der Waals surface area contributed by atoms with Gasteiger partial charge >= 0.3 is 0 Å². The van der Waals surface area contributed by atoms with Crippen LogP contribution in [0.15, 0.2) is 10.9 Å². The van der Waals surface area contributed by atoms with E-state index in [9.17, 15) is 0 Å². The van der Waals surface area contributed by atoms with E-state index >= 15 is 0 Å². The summed E-state index contributed by atoms with van der Waals surface area (Å²) in [5.74, 6) is 1.40. The molecule has 8 heteroatoms. The Morgan fingerprint density at radius 3 is 2.95 bits per heavy atom. The van der Waals surface area contributed by atoms with Crippen LogP contribution in [0.4, 0.5) is 0 Å². The second kappa shape index (κ2) is 4.93. The summed E-state index contributed by atoms with van der Waals surface area (Å²) in [6.07, 6.45) is 2.55. The van der Waals surface area contributed by atoms with E-state index in [0.717, 1.165) is 13.0 Å². The van der Waals surface area contributed by atoms with Crippen LogP contribution in [0, 0.1) is 5.41 Å². The van der Waals surface area contributed by atoms with Crippen LogP contribution >= 0.6 is 0 Å². The number of tetrazole rings is 1. The highest BCUT2D eigenvalue weighted by molar-refractivity contribution is 5.04. The average Bonchev–Trinajstić information content (AvgIpc) is 3.08. The molecule has 0 saturated carbocycles. The Balaban J connectivity index is 1.76. The summed E-state index contributed by atoms with van der Waals surface area (Å²) in [4.78, 5) is 4.46. The van der Waals surface area contributed by atoms with Crippen LogP contribution in [0.25, 0.3) is 0 Å². The average molecular weight is 278 g/mol. The van der Waals surface area contributed by atoms with Gasteiger partial charge in [-0.25, -0.2) is 4.68 Å². The second-order valence-electron chi connectivity index (χ2n) is 6.11. The van der Waals surface area contributed by atoms with Crippen LogP contribution in [0.3, 0.4) is 0 Å². The zero-order valence-electron chi connectivity index (χ0n) is 11.9. The van der Waals surface area contributed by atoms with E-state index in [0.29, 0.717) is 18.3 Å². The highest BCUT2D eigenvalue weighted by atomic mass is 16.5. The number of ether oxygens (including phenoxy) is 1. The van der Waals surface area contributed by atoms with Crippen molar-refractivity contribution in [2.45, 2.75) is 45.8 Å². The lowest BCUT2D eigenvalue weighted by atomic mass is 9.81. The summed E-state index contributed by atoms with van der Waals surface area (Å²) in [5, 5.41) is 15.0. The molecule has 0 N–H and O–H groups in total. The van der Waals surface area contributed by atoms with Gasteiger partial charge in [0.2, 0.25) is 5.89 Å². The van der Waals surface area contributed by atoms with Gasteiger partial charge in [-0.3, -0.25) is 0 Å². The predicted molar refractivity (Wildman–Crippen MR) is 67.8 cm³/mol. The Bertz CT molecular complexity index is 559. The lowest BCUT2D eigenvalue weighted by Gasteiger charge is -2.29. The molecule has 0 bridgehead atoms. The lowest BCUT2D eigenvalue weighted by molar-refractivity contribution is 0.0193. The zero-order chi connectivity index (χ0) is 14.2. The molecule has 0 aliphatic carbocycles. The van der Waals surface area contributed by atoms with Gasteiger partial charge in [-0.2, -0.15) is 4.98 Å². The van der Waals surface area contributed by atoms with Crippen LogP contribution in [0.5, 0.6) is 0 Å². The van der Waals surface area contributed by atoms with E-state index < -0.39 is 0 Å². The van der Waals surface area contributed by atoms with Crippen LogP contribution in [-0.4, -0.2) is 43.1 Å². The molecular formula is C12H18N6O2. The SMILES string of the molecule is CC(C)(C)[C@H]1OCC[C@@H]1c1noc(Cn2cnnn2)n1. The van der Waals surface area contributed by atoms with Crippen molar-refractivity contribution < 1.29 is 9.26 Å². The lowest BCUT2D eigenvalue weighted by Crippen LogP contribution is -2.30. The predicted octanol–water partition coefficient (Wildman–Crippen LogP) is 1.02. The molecule has 0 spiro atoms. The van der Waals surface area contributed by atoms with Gasteiger partial charge in [-0.1, -0.05) is 25.9 Å². The molecule has 1 saturated heterocycles. The molecule has 8 nitrogen and oxygen atoms in total. The molecule has 1 aliphatic rings. The fourth-order valence-electron chi connectivity index (χ4n) is 2.58. The number of hydrogen-bond donors (Lipinski definition) is 0. The third-order valence-electron chi connectivity index (χ3n) is 3.45. The standard InChI is InChI=1S/C12H18N6O2/c1-12(2,3)10-8(4-5-19-10)11-14-9(20-15-11)6-18-7-13-16-17-18/h7-8,10H,4-6H2,1-3H3/t8-,10-/m0/s1. The molecule has 20 heavy (non-hydrogen) atoms. The summed E-state index contributed by atoms with van der Waals surface area (Å²) in [6, 6.07) is 0. The van der Waals surface area contributed by atoms with Gasteiger partial charge in [-0.05, 0) is 22.3 Å². The molecule has 2 aromatic rings. The quantitative estimate of drug-likeness (QED) is 0.827. The molecule has 0 amide bonds. The maximum atomic E-state index is 5.84. The maximum Gasteiger partial charge on any atom is 0.248 e. The molecule has 3 rings (SSSR count). The van der Waals surface area contributed by atoms with Crippen molar-refractivity contribution in [2.24, 2.45) is 5.41 Å². The topological polar surface area (TPSA) is 91.8 Å². The van der Waals surface area contributed by atoms with Crippen molar-refractivity contribution >= 4 is 0 Å². The van der Waals surface area contributed by atoms with Crippen molar-refractivity contribution in [3.05, 3.63) is 18.0 Å². The van der Waals surface area contributed by atoms with E-state index in [1.54, 1.807) is 4.68 Å². The van der Waals surface area contributed by atoms with E-state index in [1.165, 1.54) is 6.33 Å². The van der Waals surface area contributed by atoms with Crippen LogP contribution in [0.2, 0.25) is 0 Å². The minimum atomic E-state index is 0.0534. The number of nitrogens with zero attached hydrogens (tertiary/aromatic N) is 6. The third kappa shape index (κ3) is 2.55. The Kier molecular flexibility index (Phi) is 3.25. The first-order valence-corrected chi connectivity index (χ1v) is 6.69. The normalized spacial score (nSPS) is 23.4. The minimum Gasteiger partial charge on any atom is -0.377 e. The molecule has 108 valence electrons. The highest BCUT2D eigenvalue weighted by Gasteiger charge is 2.40. The van der Waals surface area contributed by atoms with Crippen molar-refractivity contribution in [3.8, 4) is 0 Å². The largest absolute Gasteiger partial charge is 0.377 e. The highest BCUT2D eigenvalue weighted by Crippen LogP contribution is 2.39. The number of rotatable bonds is 3. The van der Waals surface area contributed by atoms with Gasteiger partial charge in [0.15, 0.2) is 5.82 Å². The summed E-state index contributed by atoms with van der Waals surface area (Å²) in [5.41, 5.74) is 0.0534. The Hall–Kier alpha value is -1.83. The van der Waals surface area contributed by atoms with Crippen LogP contribution in [0.1, 0.15) is 44.8 Å². The Morgan fingerprint density at radius 1 is 1.40 bits per heavy atom.